The first-order chi connectivity index (χ1) is 9.97. The summed E-state index contributed by atoms with van der Waals surface area (Å²) in [5.41, 5.74) is 0.330. The average Bonchev–Trinajstić information content (AvgIpc) is 3.21. The lowest BCUT2D eigenvalue weighted by Crippen LogP contribution is -2.25. The van der Waals surface area contributed by atoms with Gasteiger partial charge in [-0.05, 0) is 37.8 Å². The summed E-state index contributed by atoms with van der Waals surface area (Å²) in [5.74, 6) is -0.597. The Morgan fingerprint density at radius 2 is 2.19 bits per heavy atom. The van der Waals surface area contributed by atoms with Gasteiger partial charge in [0, 0.05) is 19.0 Å². The van der Waals surface area contributed by atoms with Crippen molar-refractivity contribution in [1.82, 2.24) is 5.32 Å². The van der Waals surface area contributed by atoms with Gasteiger partial charge in [0.05, 0.1) is 11.0 Å². The molecular formula is C14H18FN3O3. The number of hydrogen-bond donors (Lipinski definition) is 2. The van der Waals surface area contributed by atoms with E-state index in [9.17, 15) is 19.3 Å². The molecule has 6 nitrogen and oxygen atoms in total. The number of rotatable bonds is 7. The van der Waals surface area contributed by atoms with E-state index in [0.717, 1.165) is 18.9 Å². The lowest BCUT2D eigenvalue weighted by Gasteiger charge is -2.09. The van der Waals surface area contributed by atoms with Crippen molar-refractivity contribution >= 4 is 17.3 Å². The number of halogens is 1. The molecule has 21 heavy (non-hydrogen) atoms. The van der Waals surface area contributed by atoms with Crippen molar-refractivity contribution in [1.29, 1.82) is 0 Å². The number of hydrogen-bond acceptors (Lipinski definition) is 4. The lowest BCUT2D eigenvalue weighted by atomic mass is 10.1. The smallest absolute Gasteiger partial charge is 0.295 e. The van der Waals surface area contributed by atoms with Crippen LogP contribution in [0, 0.1) is 22.9 Å². The number of nitro groups is 1. The highest BCUT2D eigenvalue weighted by Crippen LogP contribution is 2.27. The first kappa shape index (κ1) is 15.2. The van der Waals surface area contributed by atoms with Crippen molar-refractivity contribution in [2.45, 2.75) is 38.6 Å². The molecule has 0 atom stereocenters. The van der Waals surface area contributed by atoms with Crippen LogP contribution < -0.4 is 10.6 Å². The minimum absolute atomic E-state index is 0.00378. The quantitative estimate of drug-likeness (QED) is 0.460. The van der Waals surface area contributed by atoms with Crippen LogP contribution in [0.4, 0.5) is 15.8 Å². The largest absolute Gasteiger partial charge is 0.379 e. The molecule has 0 spiro atoms. The Kier molecular flexibility index (Phi) is 4.72. The Morgan fingerprint density at radius 3 is 2.81 bits per heavy atom. The lowest BCUT2D eigenvalue weighted by molar-refractivity contribution is -0.384. The van der Waals surface area contributed by atoms with E-state index in [0.29, 0.717) is 31.0 Å². The molecule has 0 radical (unpaired) electrons. The number of carbonyl (C=O) groups is 1. The molecule has 1 aromatic rings. The minimum Gasteiger partial charge on any atom is -0.379 e. The average molecular weight is 295 g/mol. The predicted octanol–water partition coefficient (Wildman–Crippen LogP) is 2.51. The topological polar surface area (TPSA) is 84.3 Å². The zero-order valence-corrected chi connectivity index (χ0v) is 11.8. The summed E-state index contributed by atoms with van der Waals surface area (Å²) >= 11 is 0. The second-order valence-electron chi connectivity index (χ2n) is 5.25. The van der Waals surface area contributed by atoms with Crippen LogP contribution in [0.25, 0.3) is 0 Å². The summed E-state index contributed by atoms with van der Waals surface area (Å²) in [7, 11) is 0. The molecule has 1 aromatic carbocycles. The summed E-state index contributed by atoms with van der Waals surface area (Å²) in [6.45, 7) is 1.97. The van der Waals surface area contributed by atoms with Gasteiger partial charge in [0.15, 0.2) is 0 Å². The van der Waals surface area contributed by atoms with Gasteiger partial charge < -0.3 is 10.6 Å². The van der Waals surface area contributed by atoms with Crippen LogP contribution in [-0.4, -0.2) is 23.4 Å². The molecule has 1 aliphatic rings. The number of nitro benzene ring substituents is 1. The predicted molar refractivity (Wildman–Crippen MR) is 76.7 cm³/mol. The maximum atomic E-state index is 13.4. The Hall–Kier alpha value is -2.18. The molecule has 0 aromatic heterocycles. The molecule has 0 saturated heterocycles. The van der Waals surface area contributed by atoms with E-state index >= 15 is 0 Å². The van der Waals surface area contributed by atoms with Gasteiger partial charge in [-0.2, -0.15) is 0 Å². The normalized spacial score (nSPS) is 13.8. The summed E-state index contributed by atoms with van der Waals surface area (Å²) in [4.78, 5) is 21.8. The zero-order chi connectivity index (χ0) is 15.4. The van der Waals surface area contributed by atoms with Gasteiger partial charge in [-0.1, -0.05) is 0 Å². The Balaban J connectivity index is 1.85. The minimum atomic E-state index is -0.620. The third-order valence-electron chi connectivity index (χ3n) is 3.31. The van der Waals surface area contributed by atoms with Gasteiger partial charge in [0.2, 0.25) is 5.91 Å². The molecule has 2 rings (SSSR count). The molecule has 1 fully saturated rings. The van der Waals surface area contributed by atoms with E-state index in [2.05, 4.69) is 10.6 Å². The van der Waals surface area contributed by atoms with Crippen LogP contribution >= 0.6 is 0 Å². The molecular weight excluding hydrogens is 277 g/mol. The van der Waals surface area contributed by atoms with Gasteiger partial charge in [0.25, 0.3) is 5.69 Å². The van der Waals surface area contributed by atoms with Crippen molar-refractivity contribution < 1.29 is 14.1 Å². The van der Waals surface area contributed by atoms with Gasteiger partial charge in [-0.15, -0.1) is 0 Å². The van der Waals surface area contributed by atoms with E-state index in [1.165, 1.54) is 6.07 Å². The Labute approximate surface area is 121 Å². The summed E-state index contributed by atoms with van der Waals surface area (Å²) < 4.78 is 13.4. The second-order valence-corrected chi connectivity index (χ2v) is 5.25. The van der Waals surface area contributed by atoms with Crippen LogP contribution in [-0.2, 0) is 4.79 Å². The maximum Gasteiger partial charge on any atom is 0.295 e. The third-order valence-corrected chi connectivity index (χ3v) is 3.31. The molecule has 1 aliphatic carbocycles. The fraction of sp³-hybridized carbons (Fsp3) is 0.500. The molecule has 0 aliphatic heterocycles. The molecule has 1 saturated carbocycles. The highest BCUT2D eigenvalue weighted by Gasteiger charge is 2.22. The maximum absolute atomic E-state index is 13.4. The van der Waals surface area contributed by atoms with Crippen molar-refractivity contribution in [2.24, 2.45) is 0 Å². The van der Waals surface area contributed by atoms with E-state index < -0.39 is 10.7 Å². The van der Waals surface area contributed by atoms with Crippen LogP contribution in [0.1, 0.15) is 31.2 Å². The number of benzene rings is 1. The molecule has 2 N–H and O–H groups in total. The van der Waals surface area contributed by atoms with Gasteiger partial charge in [-0.3, -0.25) is 14.9 Å². The summed E-state index contributed by atoms with van der Waals surface area (Å²) in [5, 5.41) is 16.7. The van der Waals surface area contributed by atoms with Crippen LogP contribution in [0.2, 0.25) is 0 Å². The monoisotopic (exact) mass is 295 g/mol. The van der Waals surface area contributed by atoms with Gasteiger partial charge >= 0.3 is 0 Å². The standard InChI is InChI=1S/C14H18FN3O3/c1-9-7-12(13(18(20)21)8-11(9)15)16-6-2-3-14(19)17-10-4-5-10/h7-8,10,16H,2-6H2,1H3,(H,17,19). The zero-order valence-electron chi connectivity index (χ0n) is 11.8. The van der Waals surface area contributed by atoms with E-state index in [1.807, 2.05) is 0 Å². The molecule has 0 unspecified atom stereocenters. The third kappa shape index (κ3) is 4.40. The summed E-state index contributed by atoms with van der Waals surface area (Å²) in [6, 6.07) is 2.67. The second kappa shape index (κ2) is 6.51. The van der Waals surface area contributed by atoms with Crippen LogP contribution in [0.3, 0.4) is 0 Å². The Morgan fingerprint density at radius 1 is 1.48 bits per heavy atom. The van der Waals surface area contributed by atoms with E-state index in [1.54, 1.807) is 6.92 Å². The van der Waals surface area contributed by atoms with Crippen LogP contribution in [0.5, 0.6) is 0 Å². The summed E-state index contributed by atoms with van der Waals surface area (Å²) in [6.07, 6.45) is 3.03. The molecule has 1 amide bonds. The van der Waals surface area contributed by atoms with Gasteiger partial charge in [-0.25, -0.2) is 4.39 Å². The van der Waals surface area contributed by atoms with Crippen molar-refractivity contribution in [3.05, 3.63) is 33.6 Å². The number of anilines is 1. The first-order valence-corrected chi connectivity index (χ1v) is 6.95. The van der Waals surface area contributed by atoms with E-state index in [-0.39, 0.29) is 17.3 Å². The van der Waals surface area contributed by atoms with Crippen molar-refractivity contribution in [2.75, 3.05) is 11.9 Å². The highest BCUT2D eigenvalue weighted by molar-refractivity contribution is 5.76. The fourth-order valence-corrected chi connectivity index (χ4v) is 1.96. The fourth-order valence-electron chi connectivity index (χ4n) is 1.96. The number of amides is 1. The first-order valence-electron chi connectivity index (χ1n) is 6.95. The van der Waals surface area contributed by atoms with Crippen molar-refractivity contribution in [3.63, 3.8) is 0 Å². The SMILES string of the molecule is Cc1cc(NCCCC(=O)NC2CC2)c([N+](=O)[O-])cc1F. The number of nitrogens with zero attached hydrogens (tertiary/aromatic N) is 1. The molecule has 114 valence electrons. The molecule has 0 heterocycles. The number of aryl methyl sites for hydroxylation is 1. The van der Waals surface area contributed by atoms with E-state index in [4.69, 9.17) is 0 Å². The number of carbonyl (C=O) groups excluding carboxylic acids is 1. The molecule has 7 heteroatoms. The Bertz CT molecular complexity index is 559. The molecule has 0 bridgehead atoms. The highest BCUT2D eigenvalue weighted by atomic mass is 19.1. The van der Waals surface area contributed by atoms with Gasteiger partial charge in [0.1, 0.15) is 11.5 Å². The van der Waals surface area contributed by atoms with Crippen LogP contribution in [0.15, 0.2) is 12.1 Å². The van der Waals surface area contributed by atoms with Crippen molar-refractivity contribution in [3.8, 4) is 0 Å². The number of nitrogens with one attached hydrogen (secondary N) is 2.